The van der Waals surface area contributed by atoms with E-state index in [2.05, 4.69) is 4.98 Å². The molecule has 0 unspecified atom stereocenters. The molecule has 0 spiro atoms. The van der Waals surface area contributed by atoms with Crippen LogP contribution in [-0.4, -0.2) is 22.0 Å². The topological polar surface area (TPSA) is 93.3 Å². The summed E-state index contributed by atoms with van der Waals surface area (Å²) in [7, 11) is 0. The van der Waals surface area contributed by atoms with E-state index in [1.807, 2.05) is 0 Å². The first kappa shape index (κ1) is 14.4. The summed E-state index contributed by atoms with van der Waals surface area (Å²) in [5, 5.41) is 9.58. The van der Waals surface area contributed by atoms with Gasteiger partial charge in [-0.15, -0.1) is 0 Å². The van der Waals surface area contributed by atoms with Crippen LogP contribution >= 0.6 is 23.4 Å². The van der Waals surface area contributed by atoms with Crippen molar-refractivity contribution in [2.24, 2.45) is 5.73 Å². The zero-order valence-corrected chi connectivity index (χ0v) is 11.6. The molecule has 0 atom stereocenters. The molecule has 1 amide bonds. The molecule has 0 bridgehead atoms. The van der Waals surface area contributed by atoms with Gasteiger partial charge in [-0.25, -0.2) is 9.78 Å². The van der Waals surface area contributed by atoms with Crippen LogP contribution in [0.1, 0.15) is 20.7 Å². The van der Waals surface area contributed by atoms with Crippen LogP contribution in [0.3, 0.4) is 0 Å². The summed E-state index contributed by atoms with van der Waals surface area (Å²) in [6.07, 6.45) is 1.53. The number of hydrogen-bond acceptors (Lipinski definition) is 4. The number of carbonyl (C=O) groups excluding carboxylic acids is 1. The standard InChI is InChI=1S/C13H9ClN2O3S/c14-10-4-3-7(6-9(10)13(18)19)20-12-8(11(15)17)2-1-5-16-12/h1-6H,(H2,15,17)(H,18,19). The van der Waals surface area contributed by atoms with Crippen molar-refractivity contribution in [3.05, 3.63) is 52.7 Å². The third-order valence-electron chi connectivity index (χ3n) is 2.42. The maximum atomic E-state index is 11.3. The van der Waals surface area contributed by atoms with Gasteiger partial charge < -0.3 is 10.8 Å². The van der Waals surface area contributed by atoms with E-state index >= 15 is 0 Å². The van der Waals surface area contributed by atoms with E-state index in [4.69, 9.17) is 22.4 Å². The van der Waals surface area contributed by atoms with Crippen LogP contribution in [0.5, 0.6) is 0 Å². The molecule has 0 saturated carbocycles. The number of aromatic carboxylic acids is 1. The summed E-state index contributed by atoms with van der Waals surface area (Å²) < 4.78 is 0. The van der Waals surface area contributed by atoms with Gasteiger partial charge in [0.25, 0.3) is 5.91 Å². The van der Waals surface area contributed by atoms with Crippen molar-refractivity contribution in [3.63, 3.8) is 0 Å². The van der Waals surface area contributed by atoms with Crippen LogP contribution < -0.4 is 5.73 Å². The molecule has 1 aromatic carbocycles. The number of hydrogen-bond donors (Lipinski definition) is 2. The molecule has 0 aliphatic rings. The van der Waals surface area contributed by atoms with Crippen molar-refractivity contribution in [2.75, 3.05) is 0 Å². The number of primary amides is 1. The Kier molecular flexibility index (Phi) is 4.26. The number of nitrogens with two attached hydrogens (primary N) is 1. The van der Waals surface area contributed by atoms with Crippen LogP contribution in [0.4, 0.5) is 0 Å². The van der Waals surface area contributed by atoms with Gasteiger partial charge in [0.1, 0.15) is 5.03 Å². The lowest BCUT2D eigenvalue weighted by Crippen LogP contribution is -2.12. The van der Waals surface area contributed by atoms with Crippen LogP contribution in [0.25, 0.3) is 0 Å². The molecule has 7 heteroatoms. The minimum absolute atomic E-state index is 0.00628. The van der Waals surface area contributed by atoms with Crippen LogP contribution in [-0.2, 0) is 0 Å². The number of carboxylic acids is 1. The molecule has 102 valence electrons. The molecule has 2 aromatic rings. The molecule has 2 rings (SSSR count). The minimum Gasteiger partial charge on any atom is -0.478 e. The first-order valence-electron chi connectivity index (χ1n) is 5.44. The van der Waals surface area contributed by atoms with Gasteiger partial charge in [-0.3, -0.25) is 4.79 Å². The smallest absolute Gasteiger partial charge is 0.337 e. The summed E-state index contributed by atoms with van der Waals surface area (Å²) in [5.41, 5.74) is 5.54. The number of halogens is 1. The monoisotopic (exact) mass is 308 g/mol. The molecule has 0 aliphatic carbocycles. The fourth-order valence-electron chi connectivity index (χ4n) is 1.50. The molecule has 20 heavy (non-hydrogen) atoms. The predicted molar refractivity (Wildman–Crippen MR) is 75.3 cm³/mol. The maximum Gasteiger partial charge on any atom is 0.337 e. The number of carbonyl (C=O) groups is 2. The molecule has 0 fully saturated rings. The molecule has 1 aromatic heterocycles. The highest BCUT2D eigenvalue weighted by atomic mass is 35.5. The van der Waals surface area contributed by atoms with Crippen molar-refractivity contribution < 1.29 is 14.7 Å². The van der Waals surface area contributed by atoms with Crippen LogP contribution in [0, 0.1) is 0 Å². The highest BCUT2D eigenvalue weighted by Crippen LogP contribution is 2.31. The molecule has 0 radical (unpaired) electrons. The molecule has 5 nitrogen and oxygen atoms in total. The normalized spacial score (nSPS) is 10.2. The Labute approximate surface area is 123 Å². The molecular weight excluding hydrogens is 300 g/mol. The van der Waals surface area contributed by atoms with Crippen LogP contribution in [0.15, 0.2) is 46.5 Å². The second kappa shape index (κ2) is 5.94. The third kappa shape index (κ3) is 3.09. The van der Waals surface area contributed by atoms with E-state index in [1.54, 1.807) is 18.2 Å². The minimum atomic E-state index is -1.12. The number of rotatable bonds is 4. The Balaban J connectivity index is 2.38. The predicted octanol–water partition coefficient (Wildman–Crippen LogP) is 2.68. The first-order valence-corrected chi connectivity index (χ1v) is 6.64. The number of aromatic nitrogens is 1. The van der Waals surface area contributed by atoms with Gasteiger partial charge in [-0.1, -0.05) is 23.4 Å². The summed E-state index contributed by atoms with van der Waals surface area (Å²) >= 11 is 6.94. The van der Waals surface area contributed by atoms with E-state index in [1.165, 1.54) is 18.3 Å². The fraction of sp³-hybridized carbons (Fsp3) is 0. The number of pyridine rings is 1. The number of carboxylic acid groups (broad SMARTS) is 1. The number of benzene rings is 1. The second-order valence-corrected chi connectivity index (χ2v) is 5.24. The Hall–Kier alpha value is -2.05. The molecular formula is C13H9ClN2O3S. The van der Waals surface area contributed by atoms with E-state index in [-0.39, 0.29) is 16.1 Å². The zero-order chi connectivity index (χ0) is 14.7. The lowest BCUT2D eigenvalue weighted by atomic mass is 10.2. The van der Waals surface area contributed by atoms with Gasteiger partial charge in [0.05, 0.1) is 16.1 Å². The number of nitrogens with zero attached hydrogens (tertiary/aromatic N) is 1. The molecule has 3 N–H and O–H groups in total. The maximum absolute atomic E-state index is 11.3. The van der Waals surface area contributed by atoms with E-state index in [0.29, 0.717) is 9.92 Å². The highest BCUT2D eigenvalue weighted by Gasteiger charge is 2.13. The first-order chi connectivity index (χ1) is 9.49. The Morgan fingerprint density at radius 3 is 2.65 bits per heavy atom. The van der Waals surface area contributed by atoms with E-state index in [9.17, 15) is 9.59 Å². The average molecular weight is 309 g/mol. The summed E-state index contributed by atoms with van der Waals surface area (Å²) in [6, 6.07) is 7.73. The van der Waals surface area contributed by atoms with Gasteiger partial charge in [0.15, 0.2) is 0 Å². The average Bonchev–Trinajstić information content (AvgIpc) is 2.41. The van der Waals surface area contributed by atoms with Gasteiger partial charge in [-0.2, -0.15) is 0 Å². The van der Waals surface area contributed by atoms with Gasteiger partial charge in [0, 0.05) is 11.1 Å². The summed E-state index contributed by atoms with van der Waals surface area (Å²) in [6.45, 7) is 0. The quantitative estimate of drug-likeness (QED) is 0.905. The summed E-state index contributed by atoms with van der Waals surface area (Å²) in [5.74, 6) is -1.71. The van der Waals surface area contributed by atoms with Gasteiger partial charge in [0.2, 0.25) is 0 Å². The van der Waals surface area contributed by atoms with Crippen molar-refractivity contribution in [2.45, 2.75) is 9.92 Å². The van der Waals surface area contributed by atoms with Crippen molar-refractivity contribution in [3.8, 4) is 0 Å². The Bertz CT molecular complexity index is 691. The SMILES string of the molecule is NC(=O)c1cccnc1Sc1ccc(Cl)c(C(=O)O)c1. The second-order valence-electron chi connectivity index (χ2n) is 3.77. The van der Waals surface area contributed by atoms with Gasteiger partial charge in [-0.05, 0) is 30.3 Å². The van der Waals surface area contributed by atoms with Gasteiger partial charge >= 0.3 is 5.97 Å². The molecule has 0 aliphatic heterocycles. The number of amides is 1. The largest absolute Gasteiger partial charge is 0.478 e. The highest BCUT2D eigenvalue weighted by molar-refractivity contribution is 7.99. The molecule has 0 saturated heterocycles. The Morgan fingerprint density at radius 1 is 1.25 bits per heavy atom. The zero-order valence-electron chi connectivity index (χ0n) is 10.0. The van der Waals surface area contributed by atoms with Crippen molar-refractivity contribution in [1.82, 2.24) is 4.98 Å². The lowest BCUT2D eigenvalue weighted by Gasteiger charge is -2.06. The van der Waals surface area contributed by atoms with Crippen LogP contribution in [0.2, 0.25) is 5.02 Å². The molecule has 1 heterocycles. The fourth-order valence-corrected chi connectivity index (χ4v) is 2.63. The lowest BCUT2D eigenvalue weighted by molar-refractivity contribution is 0.0696. The van der Waals surface area contributed by atoms with Crippen molar-refractivity contribution >= 4 is 35.2 Å². The summed E-state index contributed by atoms with van der Waals surface area (Å²) in [4.78, 5) is 27.0. The van der Waals surface area contributed by atoms with Crippen molar-refractivity contribution in [1.29, 1.82) is 0 Å². The van der Waals surface area contributed by atoms with E-state index in [0.717, 1.165) is 11.8 Å². The van der Waals surface area contributed by atoms with E-state index < -0.39 is 11.9 Å². The third-order valence-corrected chi connectivity index (χ3v) is 3.76. The Morgan fingerprint density at radius 2 is 2.00 bits per heavy atom.